The third-order valence-corrected chi connectivity index (χ3v) is 0.198. The molecule has 0 aromatic rings. The molecule has 74 valence electrons. The van der Waals surface area contributed by atoms with Crippen LogP contribution in [0.2, 0.25) is 0 Å². The number of rotatable bonds is 0. The minimum atomic E-state index is -1.48. The fourth-order valence-corrected chi connectivity index (χ4v) is 0. The van der Waals surface area contributed by atoms with Crippen molar-refractivity contribution in [1.29, 1.82) is 0 Å². The first-order valence-electron chi connectivity index (χ1n) is 0.786. The van der Waals surface area contributed by atoms with Gasteiger partial charge in [0, 0.05) is 0 Å². The number of hydrogen-bond donors (Lipinski definition) is 1. The summed E-state index contributed by atoms with van der Waals surface area (Å²) in [6.45, 7) is 0. The van der Waals surface area contributed by atoms with Gasteiger partial charge in [0.1, 0.15) is 11.9 Å². The fraction of sp³-hybridized carbons (Fsp3) is 0. The van der Waals surface area contributed by atoms with E-state index in [1.54, 1.807) is 0 Å². The molecule has 0 saturated heterocycles. The topological polar surface area (TPSA) is 204 Å². The van der Waals surface area contributed by atoms with Crippen molar-refractivity contribution in [3.05, 3.63) is 0 Å². The second-order valence-electron chi connectivity index (χ2n) is 0.343. The predicted molar refractivity (Wildman–Crippen MR) is 47.3 cm³/mol. The molecule has 0 amide bonds. The van der Waals surface area contributed by atoms with Gasteiger partial charge in [-0.05, 0) is 0 Å². The molecule has 0 heterocycles. The van der Waals surface area contributed by atoms with E-state index >= 15 is 0 Å². The monoisotopic (exact) mass is 234 g/mol. The summed E-state index contributed by atoms with van der Waals surface area (Å²) in [5.41, 5.74) is 0. The Labute approximate surface area is 118 Å². The van der Waals surface area contributed by atoms with Crippen LogP contribution in [0.4, 0.5) is 4.79 Å². The predicted octanol–water partition coefficient (Wildman–Crippen LogP) is -4.59. The third-order valence-electron chi connectivity index (χ3n) is 0.0660. The summed E-state index contributed by atoms with van der Waals surface area (Å²) >= 11 is 4.24. The van der Waals surface area contributed by atoms with E-state index in [-0.39, 0.29) is 86.5 Å². The minimum absolute atomic E-state index is 0. The van der Waals surface area contributed by atoms with Crippen molar-refractivity contribution in [2.75, 3.05) is 0 Å². The Morgan fingerprint density at radius 3 is 1.08 bits per heavy atom. The number of hydrogen-bond acceptors (Lipinski definition) is 2. The Balaban J connectivity index is -0.00000000381. The van der Waals surface area contributed by atoms with Crippen molar-refractivity contribution >= 4 is 77.1 Å². The number of carbonyl (C=O) groups is 1. The Morgan fingerprint density at radius 2 is 1.08 bits per heavy atom. The molecule has 0 fully saturated rings. The van der Waals surface area contributed by atoms with Crippen molar-refractivity contribution in [1.82, 2.24) is 0 Å². The average molecular weight is 235 g/mol. The Bertz CT molecular complexity index is 52.3. The summed E-state index contributed by atoms with van der Waals surface area (Å²) in [7, 11) is 0. The molecule has 0 atom stereocenters. The quantitative estimate of drug-likeness (QED) is 0.411. The maximum absolute atomic E-state index is 9.01. The molecule has 0 unspecified atom stereocenters. The standard InChI is InChI=1S/CHClO3.2Na.5H2O.2H/c2-5-1(3)4;;;;;;;;;/h(H,3,4);;;5*1H2;;. The average Bonchev–Trinajstić information content (AvgIpc) is 1.38. The first kappa shape index (κ1) is 71.0. The van der Waals surface area contributed by atoms with E-state index in [1.807, 2.05) is 0 Å². The summed E-state index contributed by atoms with van der Waals surface area (Å²) in [6, 6.07) is 0. The van der Waals surface area contributed by atoms with Crippen LogP contribution in [-0.4, -0.2) is 97.8 Å². The van der Waals surface area contributed by atoms with Crippen molar-refractivity contribution in [2.45, 2.75) is 0 Å². The maximum atomic E-state index is 9.01. The van der Waals surface area contributed by atoms with E-state index in [4.69, 9.17) is 9.90 Å². The van der Waals surface area contributed by atoms with Crippen LogP contribution in [0.15, 0.2) is 0 Å². The van der Waals surface area contributed by atoms with Crippen molar-refractivity contribution < 1.29 is 41.6 Å². The second kappa shape index (κ2) is 55.5. The summed E-state index contributed by atoms with van der Waals surface area (Å²) in [5, 5.41) is 7.37. The van der Waals surface area contributed by atoms with Crippen LogP contribution < -0.4 is 0 Å². The molecule has 0 saturated carbocycles. The van der Waals surface area contributed by atoms with Gasteiger partial charge in [0.05, 0.1) is 0 Å². The molecule has 11 heteroatoms. The Hall–Kier alpha value is 1.36. The molecule has 0 aromatic carbocycles. The van der Waals surface area contributed by atoms with E-state index in [9.17, 15) is 0 Å². The molecule has 0 spiro atoms. The van der Waals surface area contributed by atoms with Gasteiger partial charge in [-0.25, -0.2) is 4.79 Å². The summed E-state index contributed by atoms with van der Waals surface area (Å²) in [6.07, 6.45) is -1.48. The van der Waals surface area contributed by atoms with E-state index in [0.29, 0.717) is 0 Å². The molecule has 0 aliphatic heterocycles. The molecular formula is CH13ClNa2O8. The number of halogens is 1. The van der Waals surface area contributed by atoms with E-state index < -0.39 is 6.16 Å². The zero-order valence-electron chi connectivity index (χ0n) is 4.64. The molecular weight excluding hydrogens is 221 g/mol. The van der Waals surface area contributed by atoms with Crippen LogP contribution in [0, 0.1) is 0 Å². The van der Waals surface area contributed by atoms with Gasteiger partial charge in [0.15, 0.2) is 0 Å². The van der Waals surface area contributed by atoms with Crippen LogP contribution >= 0.6 is 11.9 Å². The molecule has 0 aromatic heterocycles. The van der Waals surface area contributed by atoms with Gasteiger partial charge >= 0.3 is 65.3 Å². The summed E-state index contributed by atoms with van der Waals surface area (Å²) in [5.74, 6) is 0. The molecule has 0 aliphatic rings. The molecule has 0 rings (SSSR count). The van der Waals surface area contributed by atoms with Crippen molar-refractivity contribution in [3.63, 3.8) is 0 Å². The van der Waals surface area contributed by atoms with Gasteiger partial charge in [0.25, 0.3) is 0 Å². The Kier molecular flexibility index (Phi) is 329. The SMILES string of the molecule is O.O.O.O.O.O=C(O)OCl.[NaH].[NaH]. The molecule has 8 nitrogen and oxygen atoms in total. The first-order chi connectivity index (χ1) is 2.27. The zero-order chi connectivity index (χ0) is 4.28. The molecule has 0 aliphatic carbocycles. The first-order valence-corrected chi connectivity index (χ1v) is 1.09. The van der Waals surface area contributed by atoms with E-state index in [1.165, 1.54) is 0 Å². The van der Waals surface area contributed by atoms with Crippen LogP contribution in [0.5, 0.6) is 0 Å². The van der Waals surface area contributed by atoms with Gasteiger partial charge < -0.3 is 36.8 Å². The second-order valence-corrected chi connectivity index (χ2v) is 0.497. The normalized spacial score (nSPS) is 2.75. The molecule has 12 heavy (non-hydrogen) atoms. The van der Waals surface area contributed by atoms with Crippen LogP contribution in [0.25, 0.3) is 0 Å². The molecule has 11 N–H and O–H groups in total. The summed E-state index contributed by atoms with van der Waals surface area (Å²) in [4.78, 5) is 9.01. The number of carboxylic acid groups (broad SMARTS) is 1. The van der Waals surface area contributed by atoms with Crippen LogP contribution in [-0.2, 0) is 4.29 Å². The van der Waals surface area contributed by atoms with Crippen LogP contribution in [0.3, 0.4) is 0 Å². The summed E-state index contributed by atoms with van der Waals surface area (Å²) < 4.78 is 3.14. The Morgan fingerprint density at radius 1 is 1.00 bits per heavy atom. The third kappa shape index (κ3) is 108. The van der Waals surface area contributed by atoms with Crippen molar-refractivity contribution in [3.8, 4) is 0 Å². The molecule has 0 radical (unpaired) electrons. The van der Waals surface area contributed by atoms with E-state index in [2.05, 4.69) is 16.2 Å². The fourth-order valence-electron chi connectivity index (χ4n) is 0. The van der Waals surface area contributed by atoms with Gasteiger partial charge in [0.2, 0.25) is 0 Å². The zero-order valence-corrected chi connectivity index (χ0v) is 5.40. The van der Waals surface area contributed by atoms with Crippen molar-refractivity contribution in [2.24, 2.45) is 0 Å². The van der Waals surface area contributed by atoms with Gasteiger partial charge in [-0.2, -0.15) is 0 Å². The van der Waals surface area contributed by atoms with Gasteiger partial charge in [-0.1, -0.05) is 0 Å². The van der Waals surface area contributed by atoms with Gasteiger partial charge in [-0.3, -0.25) is 0 Å². The van der Waals surface area contributed by atoms with Gasteiger partial charge in [-0.15, -0.1) is 0 Å². The molecule has 0 bridgehead atoms. The van der Waals surface area contributed by atoms with E-state index in [0.717, 1.165) is 0 Å². The van der Waals surface area contributed by atoms with Crippen LogP contribution in [0.1, 0.15) is 0 Å².